The minimum Gasteiger partial charge on any atom is -0.350 e. The molecule has 7 heteroatoms. The maximum Gasteiger partial charge on any atom is 0.274 e. The SMILES string of the molecule is CCN1CCn2nnc(CNC(=O)C3(C)CC=CCC3)c2C1=O. The van der Waals surface area contributed by atoms with Crippen molar-refractivity contribution in [3.63, 3.8) is 0 Å². The molecule has 3 rings (SSSR count). The van der Waals surface area contributed by atoms with Crippen LogP contribution in [0.2, 0.25) is 0 Å². The number of likely N-dealkylation sites (N-methyl/N-ethyl adjacent to an activating group) is 1. The molecule has 1 N–H and O–H groups in total. The number of aromatic nitrogens is 3. The highest BCUT2D eigenvalue weighted by atomic mass is 16.2. The summed E-state index contributed by atoms with van der Waals surface area (Å²) >= 11 is 0. The van der Waals surface area contributed by atoms with Crippen molar-refractivity contribution in [1.82, 2.24) is 25.2 Å². The van der Waals surface area contributed by atoms with Gasteiger partial charge in [0.1, 0.15) is 5.69 Å². The van der Waals surface area contributed by atoms with Gasteiger partial charge in [-0.05, 0) is 26.2 Å². The first kappa shape index (κ1) is 15.7. The van der Waals surface area contributed by atoms with Crippen LogP contribution in [0, 0.1) is 5.41 Å². The number of rotatable bonds is 4. The molecule has 0 bridgehead atoms. The number of fused-ring (bicyclic) bond motifs is 1. The molecule has 1 aromatic heterocycles. The second-order valence-corrected chi connectivity index (χ2v) is 6.45. The van der Waals surface area contributed by atoms with Crippen LogP contribution in [0.25, 0.3) is 0 Å². The zero-order chi connectivity index (χ0) is 16.4. The molecular weight excluding hydrogens is 294 g/mol. The van der Waals surface area contributed by atoms with Crippen LogP contribution in [0.4, 0.5) is 0 Å². The van der Waals surface area contributed by atoms with Gasteiger partial charge >= 0.3 is 0 Å². The molecule has 1 aliphatic heterocycles. The van der Waals surface area contributed by atoms with Gasteiger partial charge in [-0.1, -0.05) is 24.3 Å². The quantitative estimate of drug-likeness (QED) is 0.844. The molecular formula is C16H23N5O2. The summed E-state index contributed by atoms with van der Waals surface area (Å²) in [6.45, 7) is 6.16. The van der Waals surface area contributed by atoms with E-state index in [1.165, 1.54) is 0 Å². The molecule has 124 valence electrons. The van der Waals surface area contributed by atoms with Crippen molar-refractivity contribution in [1.29, 1.82) is 0 Å². The van der Waals surface area contributed by atoms with Crippen LogP contribution in [-0.4, -0.2) is 44.8 Å². The van der Waals surface area contributed by atoms with E-state index in [0.717, 1.165) is 19.3 Å². The number of carbonyl (C=O) groups excluding carboxylic acids is 2. The third-order valence-electron chi connectivity index (χ3n) is 4.82. The maximum absolute atomic E-state index is 12.5. The fraction of sp³-hybridized carbons (Fsp3) is 0.625. The average Bonchev–Trinajstić information content (AvgIpc) is 2.97. The van der Waals surface area contributed by atoms with Crippen LogP contribution in [-0.2, 0) is 17.9 Å². The largest absolute Gasteiger partial charge is 0.350 e. The number of amides is 2. The van der Waals surface area contributed by atoms with Gasteiger partial charge in [-0.25, -0.2) is 4.68 Å². The minimum atomic E-state index is -0.374. The molecule has 1 aliphatic carbocycles. The van der Waals surface area contributed by atoms with E-state index in [1.54, 1.807) is 9.58 Å². The van der Waals surface area contributed by atoms with E-state index >= 15 is 0 Å². The first-order valence-corrected chi connectivity index (χ1v) is 8.20. The van der Waals surface area contributed by atoms with Gasteiger partial charge in [-0.2, -0.15) is 0 Å². The lowest BCUT2D eigenvalue weighted by Crippen LogP contribution is -2.42. The molecule has 1 unspecified atom stereocenters. The molecule has 2 aliphatic rings. The summed E-state index contributed by atoms with van der Waals surface area (Å²) in [7, 11) is 0. The number of nitrogens with zero attached hydrogens (tertiary/aromatic N) is 4. The van der Waals surface area contributed by atoms with Gasteiger partial charge in [0, 0.05) is 13.1 Å². The van der Waals surface area contributed by atoms with Gasteiger partial charge in [-0.3, -0.25) is 9.59 Å². The fourth-order valence-corrected chi connectivity index (χ4v) is 3.18. The Kier molecular flexibility index (Phi) is 4.19. The highest BCUT2D eigenvalue weighted by molar-refractivity contribution is 5.94. The number of hydrogen-bond donors (Lipinski definition) is 1. The average molecular weight is 317 g/mol. The predicted octanol–water partition coefficient (Wildman–Crippen LogP) is 1.12. The smallest absolute Gasteiger partial charge is 0.274 e. The van der Waals surface area contributed by atoms with Crippen molar-refractivity contribution in [2.75, 3.05) is 13.1 Å². The lowest BCUT2D eigenvalue weighted by atomic mass is 9.78. The van der Waals surface area contributed by atoms with E-state index in [1.807, 2.05) is 13.8 Å². The maximum atomic E-state index is 12.5. The van der Waals surface area contributed by atoms with Crippen LogP contribution < -0.4 is 5.32 Å². The summed E-state index contributed by atoms with van der Waals surface area (Å²) in [6.07, 6.45) is 6.70. The third kappa shape index (κ3) is 2.87. The normalized spacial score (nSPS) is 23.7. The molecule has 1 aromatic rings. The topological polar surface area (TPSA) is 80.1 Å². The van der Waals surface area contributed by atoms with Gasteiger partial charge in [0.15, 0.2) is 5.69 Å². The lowest BCUT2D eigenvalue weighted by Gasteiger charge is -2.29. The van der Waals surface area contributed by atoms with E-state index in [2.05, 4.69) is 27.8 Å². The Bertz CT molecular complexity index is 651. The van der Waals surface area contributed by atoms with E-state index in [9.17, 15) is 9.59 Å². The molecule has 0 spiro atoms. The molecule has 0 fully saturated rings. The van der Waals surface area contributed by atoms with Crippen LogP contribution in [0.5, 0.6) is 0 Å². The summed E-state index contributed by atoms with van der Waals surface area (Å²) in [5, 5.41) is 11.1. The summed E-state index contributed by atoms with van der Waals surface area (Å²) in [4.78, 5) is 26.7. The Morgan fingerprint density at radius 3 is 2.91 bits per heavy atom. The monoisotopic (exact) mass is 317 g/mol. The van der Waals surface area contributed by atoms with Crippen molar-refractivity contribution in [2.24, 2.45) is 5.41 Å². The molecule has 7 nitrogen and oxygen atoms in total. The lowest BCUT2D eigenvalue weighted by molar-refractivity contribution is -0.130. The second kappa shape index (κ2) is 6.14. The number of allylic oxidation sites excluding steroid dienone is 2. The molecule has 0 saturated carbocycles. The van der Waals surface area contributed by atoms with E-state index in [4.69, 9.17) is 0 Å². The first-order valence-electron chi connectivity index (χ1n) is 8.20. The Balaban J connectivity index is 1.70. The van der Waals surface area contributed by atoms with Crippen molar-refractivity contribution in [3.8, 4) is 0 Å². The van der Waals surface area contributed by atoms with Crippen molar-refractivity contribution < 1.29 is 9.59 Å². The van der Waals surface area contributed by atoms with Gasteiger partial charge < -0.3 is 10.2 Å². The minimum absolute atomic E-state index is 0.0132. The van der Waals surface area contributed by atoms with Gasteiger partial charge in [-0.15, -0.1) is 5.10 Å². The molecule has 1 atom stereocenters. The third-order valence-corrected chi connectivity index (χ3v) is 4.82. The summed E-state index contributed by atoms with van der Waals surface area (Å²) < 4.78 is 1.64. The molecule has 2 amide bonds. The summed E-state index contributed by atoms with van der Waals surface area (Å²) in [5.74, 6) is -0.0426. The number of hydrogen-bond acceptors (Lipinski definition) is 4. The van der Waals surface area contributed by atoms with Gasteiger partial charge in [0.2, 0.25) is 5.91 Å². The highest BCUT2D eigenvalue weighted by Crippen LogP contribution is 2.32. The van der Waals surface area contributed by atoms with Crippen molar-refractivity contribution in [3.05, 3.63) is 23.5 Å². The Hall–Kier alpha value is -2.18. The van der Waals surface area contributed by atoms with Gasteiger partial charge in [0.05, 0.1) is 18.5 Å². The van der Waals surface area contributed by atoms with Crippen molar-refractivity contribution in [2.45, 2.75) is 46.2 Å². The standard InChI is InChI=1S/C16H23N5O2/c1-3-20-9-10-21-13(14(20)22)12(18-19-21)11-17-15(23)16(2)7-5-4-6-8-16/h4-5H,3,6-11H2,1-2H3,(H,17,23). The van der Waals surface area contributed by atoms with E-state index < -0.39 is 0 Å². The first-order chi connectivity index (χ1) is 11.0. The molecule has 2 heterocycles. The molecule has 0 saturated heterocycles. The fourth-order valence-electron chi connectivity index (χ4n) is 3.18. The van der Waals surface area contributed by atoms with E-state index in [-0.39, 0.29) is 23.8 Å². The van der Waals surface area contributed by atoms with E-state index in [0.29, 0.717) is 31.0 Å². The number of carbonyl (C=O) groups is 2. The van der Waals surface area contributed by atoms with Crippen LogP contribution in [0.15, 0.2) is 12.2 Å². The Morgan fingerprint density at radius 2 is 2.22 bits per heavy atom. The molecule has 0 aromatic carbocycles. The predicted molar refractivity (Wildman–Crippen MR) is 84.5 cm³/mol. The Labute approximate surface area is 135 Å². The Morgan fingerprint density at radius 1 is 1.39 bits per heavy atom. The van der Waals surface area contributed by atoms with Gasteiger partial charge in [0.25, 0.3) is 5.91 Å². The number of nitrogens with one attached hydrogen (secondary N) is 1. The highest BCUT2D eigenvalue weighted by Gasteiger charge is 2.34. The van der Waals surface area contributed by atoms with Crippen LogP contribution >= 0.6 is 0 Å². The summed E-state index contributed by atoms with van der Waals surface area (Å²) in [6, 6.07) is 0. The van der Waals surface area contributed by atoms with Crippen LogP contribution in [0.1, 0.15) is 49.3 Å². The van der Waals surface area contributed by atoms with Crippen molar-refractivity contribution >= 4 is 11.8 Å². The van der Waals surface area contributed by atoms with Crippen LogP contribution in [0.3, 0.4) is 0 Å². The molecule has 23 heavy (non-hydrogen) atoms. The summed E-state index contributed by atoms with van der Waals surface area (Å²) in [5.41, 5.74) is 0.685. The zero-order valence-electron chi connectivity index (χ0n) is 13.7. The second-order valence-electron chi connectivity index (χ2n) is 6.45. The molecule has 0 radical (unpaired) electrons. The zero-order valence-corrected chi connectivity index (χ0v) is 13.7.